The molecule has 1 aliphatic rings. The van der Waals surface area contributed by atoms with Gasteiger partial charge in [0, 0.05) is 11.2 Å². The zero-order valence-corrected chi connectivity index (χ0v) is 6.98. The first-order valence-corrected chi connectivity index (χ1v) is 4.06. The van der Waals surface area contributed by atoms with E-state index in [0.29, 0.717) is 11.1 Å². The first kappa shape index (κ1) is 7.07. The van der Waals surface area contributed by atoms with Crippen molar-refractivity contribution in [1.82, 2.24) is 0 Å². The molecule has 0 spiro atoms. The Bertz CT molecular complexity index is 191. The molecule has 1 unspecified atom stereocenters. The molecule has 1 aliphatic heterocycles. The lowest BCUT2D eigenvalue weighted by Crippen LogP contribution is -1.95. The number of rotatable bonds is 1. The van der Waals surface area contributed by atoms with Crippen molar-refractivity contribution in [3.8, 4) is 0 Å². The Morgan fingerprint density at radius 2 is 2.67 bits per heavy atom. The minimum absolute atomic E-state index is 0.356. The maximum absolute atomic E-state index is 5.58. The lowest BCUT2D eigenvalue weighted by molar-refractivity contribution is 0.960. The standard InChI is InChI=1S/C6H5BrClN/c7-4-5-1-2-9-6(8)3-5/h1,3,5H,4H2. The zero-order valence-electron chi connectivity index (χ0n) is 4.64. The zero-order chi connectivity index (χ0) is 6.69. The van der Waals surface area contributed by atoms with E-state index in [9.17, 15) is 0 Å². The number of allylic oxidation sites excluding steroid dienone is 2. The van der Waals surface area contributed by atoms with E-state index < -0.39 is 0 Å². The van der Waals surface area contributed by atoms with Gasteiger partial charge in [-0.1, -0.05) is 27.5 Å². The number of hydrogen-bond donors (Lipinski definition) is 0. The van der Waals surface area contributed by atoms with Crippen LogP contribution >= 0.6 is 27.5 Å². The van der Waals surface area contributed by atoms with Gasteiger partial charge in [-0.05, 0) is 18.0 Å². The minimum Gasteiger partial charge on any atom is -0.195 e. The van der Waals surface area contributed by atoms with E-state index in [1.54, 1.807) is 0 Å². The summed E-state index contributed by atoms with van der Waals surface area (Å²) < 4.78 is 0. The van der Waals surface area contributed by atoms with Gasteiger partial charge in [0.1, 0.15) is 5.16 Å². The van der Waals surface area contributed by atoms with Gasteiger partial charge in [-0.3, -0.25) is 0 Å². The Balaban J connectivity index is 2.74. The van der Waals surface area contributed by atoms with Crippen LogP contribution in [0, 0.1) is 5.92 Å². The highest BCUT2D eigenvalue weighted by Crippen LogP contribution is 2.14. The fourth-order valence-corrected chi connectivity index (χ4v) is 1.13. The van der Waals surface area contributed by atoms with E-state index in [-0.39, 0.29) is 0 Å². The van der Waals surface area contributed by atoms with Crippen LogP contribution in [0.15, 0.2) is 22.3 Å². The summed E-state index contributed by atoms with van der Waals surface area (Å²) in [6.45, 7) is 0. The van der Waals surface area contributed by atoms with Crippen molar-refractivity contribution in [2.24, 2.45) is 10.9 Å². The maximum Gasteiger partial charge on any atom is 0.135 e. The van der Waals surface area contributed by atoms with E-state index in [0.717, 1.165) is 5.33 Å². The molecule has 0 saturated carbocycles. The van der Waals surface area contributed by atoms with Gasteiger partial charge in [0.15, 0.2) is 0 Å². The molecule has 0 bridgehead atoms. The van der Waals surface area contributed by atoms with Crippen LogP contribution in [0.3, 0.4) is 0 Å². The second-order valence-corrected chi connectivity index (χ2v) is 2.75. The molecular formula is C6H5BrClN. The highest BCUT2D eigenvalue weighted by atomic mass is 79.9. The van der Waals surface area contributed by atoms with Crippen LogP contribution in [0.5, 0.6) is 0 Å². The molecule has 1 heterocycles. The van der Waals surface area contributed by atoms with E-state index in [1.165, 1.54) is 0 Å². The molecule has 1 atom stereocenters. The quantitative estimate of drug-likeness (QED) is 0.461. The average molecular weight is 206 g/mol. The molecule has 0 saturated heterocycles. The van der Waals surface area contributed by atoms with Crippen LogP contribution in [-0.4, -0.2) is 11.2 Å². The summed E-state index contributed by atoms with van der Waals surface area (Å²) in [5.41, 5.74) is 0. The molecule has 3 heteroatoms. The van der Waals surface area contributed by atoms with Gasteiger partial charge in [-0.2, -0.15) is 4.99 Å². The highest BCUT2D eigenvalue weighted by molar-refractivity contribution is 9.09. The highest BCUT2D eigenvalue weighted by Gasteiger charge is 2.02. The monoisotopic (exact) mass is 205 g/mol. The van der Waals surface area contributed by atoms with E-state index in [2.05, 4.69) is 26.8 Å². The molecule has 9 heavy (non-hydrogen) atoms. The Morgan fingerprint density at radius 1 is 1.89 bits per heavy atom. The number of hydrogen-bond acceptors (Lipinski definition) is 1. The third kappa shape index (κ3) is 1.98. The summed E-state index contributed by atoms with van der Waals surface area (Å²) >= 11 is 8.90. The van der Waals surface area contributed by atoms with Gasteiger partial charge < -0.3 is 0 Å². The Kier molecular flexibility index (Phi) is 2.52. The predicted molar refractivity (Wildman–Crippen MR) is 43.2 cm³/mol. The van der Waals surface area contributed by atoms with Gasteiger partial charge in [-0.15, -0.1) is 0 Å². The van der Waals surface area contributed by atoms with Crippen molar-refractivity contribution in [1.29, 1.82) is 0 Å². The Morgan fingerprint density at radius 3 is 3.11 bits per heavy atom. The normalized spacial score (nSPS) is 24.2. The van der Waals surface area contributed by atoms with Crippen LogP contribution in [0.4, 0.5) is 0 Å². The topological polar surface area (TPSA) is 12.4 Å². The smallest absolute Gasteiger partial charge is 0.135 e. The predicted octanol–water partition coefficient (Wildman–Crippen LogP) is 2.32. The molecule has 0 aromatic rings. The molecule has 0 amide bonds. The molecule has 1 nitrogen and oxygen atoms in total. The van der Waals surface area contributed by atoms with Crippen LogP contribution < -0.4 is 0 Å². The molecule has 0 aromatic heterocycles. The van der Waals surface area contributed by atoms with E-state index in [4.69, 9.17) is 11.6 Å². The van der Waals surface area contributed by atoms with Crippen molar-refractivity contribution in [3.05, 3.63) is 17.3 Å². The average Bonchev–Trinajstić information content (AvgIpc) is 1.88. The number of halogens is 2. The first-order chi connectivity index (χ1) is 4.33. The lowest BCUT2D eigenvalue weighted by atomic mass is 10.2. The van der Waals surface area contributed by atoms with Gasteiger partial charge in [0.25, 0.3) is 0 Å². The molecule has 0 aliphatic carbocycles. The third-order valence-corrected chi connectivity index (χ3v) is 1.95. The largest absolute Gasteiger partial charge is 0.195 e. The lowest BCUT2D eigenvalue weighted by Gasteiger charge is -2.01. The van der Waals surface area contributed by atoms with Crippen molar-refractivity contribution in [2.45, 2.75) is 0 Å². The molecule has 0 N–H and O–H groups in total. The van der Waals surface area contributed by atoms with Gasteiger partial charge in [0.2, 0.25) is 0 Å². The SMILES string of the molecule is ClC1=CC(CBr)C=C=N1. The van der Waals surface area contributed by atoms with Crippen molar-refractivity contribution >= 4 is 33.4 Å². The van der Waals surface area contributed by atoms with E-state index in [1.807, 2.05) is 12.2 Å². The van der Waals surface area contributed by atoms with Crippen molar-refractivity contribution < 1.29 is 0 Å². The summed E-state index contributed by atoms with van der Waals surface area (Å²) in [7, 11) is 0. The van der Waals surface area contributed by atoms with E-state index >= 15 is 0 Å². The summed E-state index contributed by atoms with van der Waals surface area (Å²) in [6.07, 6.45) is 3.76. The second kappa shape index (κ2) is 3.21. The third-order valence-electron chi connectivity index (χ3n) is 0.990. The number of nitrogens with zero attached hydrogens (tertiary/aromatic N) is 1. The van der Waals surface area contributed by atoms with Gasteiger partial charge in [0.05, 0.1) is 0 Å². The molecule has 48 valence electrons. The summed E-state index contributed by atoms with van der Waals surface area (Å²) in [5.74, 6) is 3.06. The fraction of sp³-hybridized carbons (Fsp3) is 0.333. The first-order valence-electron chi connectivity index (χ1n) is 2.56. The molecular weight excluding hydrogens is 201 g/mol. The molecule has 0 aromatic carbocycles. The van der Waals surface area contributed by atoms with Crippen LogP contribution in [0.1, 0.15) is 0 Å². The maximum atomic E-state index is 5.58. The van der Waals surface area contributed by atoms with Crippen molar-refractivity contribution in [2.75, 3.05) is 5.33 Å². The summed E-state index contributed by atoms with van der Waals surface area (Å²) in [4.78, 5) is 3.73. The minimum atomic E-state index is 0.356. The van der Waals surface area contributed by atoms with Crippen molar-refractivity contribution in [3.63, 3.8) is 0 Å². The van der Waals surface area contributed by atoms with Crippen LogP contribution in [0.25, 0.3) is 0 Å². The Hall–Kier alpha value is -0.0400. The number of alkyl halides is 1. The Labute approximate surface area is 67.2 Å². The molecule has 1 rings (SSSR count). The van der Waals surface area contributed by atoms with Gasteiger partial charge in [-0.25, -0.2) is 0 Å². The van der Waals surface area contributed by atoms with Gasteiger partial charge >= 0.3 is 0 Å². The fourth-order valence-electron chi connectivity index (χ4n) is 0.546. The van der Waals surface area contributed by atoms with Crippen LogP contribution in [-0.2, 0) is 0 Å². The van der Waals surface area contributed by atoms with Crippen LogP contribution in [0.2, 0.25) is 0 Å². The molecule has 0 radical (unpaired) electrons. The molecule has 0 fully saturated rings. The summed E-state index contributed by atoms with van der Waals surface area (Å²) in [5, 5.41) is 1.41. The second-order valence-electron chi connectivity index (χ2n) is 1.72. The summed E-state index contributed by atoms with van der Waals surface area (Å²) in [6, 6.07) is 0. The number of aliphatic imine (C=N–C) groups is 1.